The van der Waals surface area contributed by atoms with E-state index in [2.05, 4.69) is 20.3 Å². The average molecular weight is 561 g/mol. The third-order valence-corrected chi connectivity index (χ3v) is 5.54. The summed E-state index contributed by atoms with van der Waals surface area (Å²) in [5.41, 5.74) is 2.55. The smallest absolute Gasteiger partial charge is 0.215 e. The summed E-state index contributed by atoms with van der Waals surface area (Å²) < 4.78 is 31.6. The van der Waals surface area contributed by atoms with Crippen molar-refractivity contribution in [3.05, 3.63) is 65.2 Å². The number of benzene rings is 2. The molecule has 7 nitrogen and oxygen atoms in total. The summed E-state index contributed by atoms with van der Waals surface area (Å²) >= 11 is 0. The van der Waals surface area contributed by atoms with Crippen LogP contribution in [0.25, 0.3) is 0 Å². The highest BCUT2D eigenvalue weighted by Gasteiger charge is 2.14. The zero-order valence-electron chi connectivity index (χ0n) is 18.7. The lowest BCUT2D eigenvalue weighted by Gasteiger charge is -2.23. The highest BCUT2D eigenvalue weighted by molar-refractivity contribution is 14.0. The molecule has 0 aliphatic heterocycles. The lowest BCUT2D eigenvalue weighted by molar-refractivity contribution is 0.129. The van der Waals surface area contributed by atoms with Gasteiger partial charge in [-0.1, -0.05) is 42.5 Å². The molecule has 2 aromatic carbocycles. The van der Waals surface area contributed by atoms with Gasteiger partial charge in [0.05, 0.1) is 5.75 Å². The Balaban J connectivity index is 0.00000480. The zero-order chi connectivity index (χ0) is 22.2. The second-order valence-electron chi connectivity index (χ2n) is 7.88. The predicted octanol–water partition coefficient (Wildman–Crippen LogP) is 3.40. The largest absolute Gasteiger partial charge is 0.488 e. The molecule has 0 aliphatic rings. The van der Waals surface area contributed by atoms with E-state index in [1.165, 1.54) is 7.05 Å². The molecule has 0 aromatic heterocycles. The molecule has 2 aromatic rings. The van der Waals surface area contributed by atoms with Gasteiger partial charge < -0.3 is 15.4 Å². The number of ether oxygens (including phenoxy) is 1. The number of nitrogens with one attached hydrogen (secondary N) is 3. The second-order valence-corrected chi connectivity index (χ2v) is 9.81. The SMILES string of the molecule is CN=C(NCc1ccc(CS(=O)(=O)NC)cc1)NCc1ccccc1OC(C)(C)C.I. The molecule has 172 valence electrons. The van der Waals surface area contributed by atoms with Crippen LogP contribution in [-0.2, 0) is 28.9 Å². The van der Waals surface area contributed by atoms with Gasteiger partial charge in [-0.05, 0) is 45.0 Å². The summed E-state index contributed by atoms with van der Waals surface area (Å²) in [5.74, 6) is 1.48. The first-order valence-corrected chi connectivity index (χ1v) is 11.5. The maximum atomic E-state index is 11.6. The van der Waals surface area contributed by atoms with Crippen LogP contribution in [-0.4, -0.2) is 34.1 Å². The number of sulfonamides is 1. The van der Waals surface area contributed by atoms with Gasteiger partial charge in [0.25, 0.3) is 0 Å². The molecule has 2 rings (SSSR count). The van der Waals surface area contributed by atoms with Crippen LogP contribution in [0.2, 0.25) is 0 Å². The van der Waals surface area contributed by atoms with Crippen molar-refractivity contribution in [1.82, 2.24) is 15.4 Å². The topological polar surface area (TPSA) is 91.8 Å². The number of para-hydroxylation sites is 1. The fourth-order valence-corrected chi connectivity index (χ4v) is 3.49. The number of nitrogens with zero attached hydrogens (tertiary/aromatic N) is 1. The number of guanidine groups is 1. The molecule has 9 heteroatoms. The molecule has 0 radical (unpaired) electrons. The first-order valence-electron chi connectivity index (χ1n) is 9.82. The maximum Gasteiger partial charge on any atom is 0.215 e. The van der Waals surface area contributed by atoms with Crippen molar-refractivity contribution in [2.45, 2.75) is 45.2 Å². The molecule has 31 heavy (non-hydrogen) atoms. The van der Waals surface area contributed by atoms with E-state index >= 15 is 0 Å². The Hall–Kier alpha value is -1.85. The molecule has 0 saturated carbocycles. The molecule has 0 heterocycles. The van der Waals surface area contributed by atoms with Crippen LogP contribution in [0.4, 0.5) is 0 Å². The zero-order valence-corrected chi connectivity index (χ0v) is 21.9. The van der Waals surface area contributed by atoms with E-state index < -0.39 is 10.0 Å². The predicted molar refractivity (Wildman–Crippen MR) is 137 cm³/mol. The van der Waals surface area contributed by atoms with Crippen molar-refractivity contribution < 1.29 is 13.2 Å². The van der Waals surface area contributed by atoms with E-state index in [0.29, 0.717) is 19.0 Å². The Morgan fingerprint density at radius 1 is 0.968 bits per heavy atom. The molecule has 0 spiro atoms. The van der Waals surface area contributed by atoms with Crippen molar-refractivity contribution in [3.8, 4) is 5.75 Å². The Labute approximate surface area is 203 Å². The molecule has 0 amide bonds. The molecule has 0 saturated heterocycles. The summed E-state index contributed by atoms with van der Waals surface area (Å²) in [6.07, 6.45) is 0. The van der Waals surface area contributed by atoms with Crippen LogP contribution in [0.15, 0.2) is 53.5 Å². The van der Waals surface area contributed by atoms with Crippen molar-refractivity contribution in [2.75, 3.05) is 14.1 Å². The lowest BCUT2D eigenvalue weighted by Crippen LogP contribution is -2.36. The summed E-state index contributed by atoms with van der Waals surface area (Å²) in [4.78, 5) is 4.27. The summed E-state index contributed by atoms with van der Waals surface area (Å²) in [6.45, 7) is 7.22. The molecular formula is C22H33IN4O3S. The first kappa shape index (κ1) is 27.2. The molecular weight excluding hydrogens is 527 g/mol. The van der Waals surface area contributed by atoms with E-state index in [0.717, 1.165) is 22.4 Å². The number of halogens is 1. The average Bonchev–Trinajstić information content (AvgIpc) is 2.69. The van der Waals surface area contributed by atoms with E-state index in [9.17, 15) is 8.42 Å². The van der Waals surface area contributed by atoms with Crippen LogP contribution < -0.4 is 20.1 Å². The molecule has 0 aliphatic carbocycles. The number of aliphatic imine (C=N–C) groups is 1. The van der Waals surface area contributed by atoms with Gasteiger partial charge in [0, 0.05) is 25.7 Å². The number of hydrogen-bond donors (Lipinski definition) is 3. The minimum absolute atomic E-state index is 0. The van der Waals surface area contributed by atoms with Gasteiger partial charge in [-0.25, -0.2) is 13.1 Å². The van der Waals surface area contributed by atoms with Crippen LogP contribution >= 0.6 is 24.0 Å². The Morgan fingerprint density at radius 3 is 2.13 bits per heavy atom. The molecule has 3 N–H and O–H groups in total. The van der Waals surface area contributed by atoms with Gasteiger partial charge >= 0.3 is 0 Å². The van der Waals surface area contributed by atoms with E-state index in [-0.39, 0.29) is 35.3 Å². The van der Waals surface area contributed by atoms with E-state index in [4.69, 9.17) is 4.74 Å². The van der Waals surface area contributed by atoms with Crippen molar-refractivity contribution in [3.63, 3.8) is 0 Å². The lowest BCUT2D eigenvalue weighted by atomic mass is 10.1. The Kier molecular flexibility index (Phi) is 10.7. The van der Waals surface area contributed by atoms with Crippen molar-refractivity contribution in [1.29, 1.82) is 0 Å². The highest BCUT2D eigenvalue weighted by atomic mass is 127. The summed E-state index contributed by atoms with van der Waals surface area (Å²) in [5, 5.41) is 6.57. The minimum Gasteiger partial charge on any atom is -0.488 e. The summed E-state index contributed by atoms with van der Waals surface area (Å²) in [7, 11) is -0.132. The third kappa shape index (κ3) is 9.88. The fraction of sp³-hybridized carbons (Fsp3) is 0.409. The van der Waals surface area contributed by atoms with Gasteiger partial charge in [0.15, 0.2) is 5.96 Å². The van der Waals surface area contributed by atoms with Crippen LogP contribution in [0.1, 0.15) is 37.5 Å². The maximum absolute atomic E-state index is 11.6. The highest BCUT2D eigenvalue weighted by Crippen LogP contribution is 2.22. The van der Waals surface area contributed by atoms with Crippen molar-refractivity contribution in [2.24, 2.45) is 4.99 Å². The Morgan fingerprint density at radius 2 is 1.55 bits per heavy atom. The van der Waals surface area contributed by atoms with Crippen LogP contribution in [0, 0.1) is 0 Å². The van der Waals surface area contributed by atoms with Gasteiger partial charge in [-0.2, -0.15) is 0 Å². The Bertz CT molecular complexity index is 955. The summed E-state index contributed by atoms with van der Waals surface area (Å²) in [6, 6.07) is 15.4. The number of rotatable bonds is 8. The first-order chi connectivity index (χ1) is 14.1. The van der Waals surface area contributed by atoms with Crippen molar-refractivity contribution >= 4 is 40.0 Å². The van der Waals surface area contributed by atoms with E-state index in [1.807, 2.05) is 69.3 Å². The molecule has 0 atom stereocenters. The van der Waals surface area contributed by atoms with Crippen LogP contribution in [0.3, 0.4) is 0 Å². The van der Waals surface area contributed by atoms with Gasteiger partial charge in [0.2, 0.25) is 10.0 Å². The van der Waals surface area contributed by atoms with Crippen LogP contribution in [0.5, 0.6) is 5.75 Å². The van der Waals surface area contributed by atoms with E-state index in [1.54, 1.807) is 7.05 Å². The number of hydrogen-bond acceptors (Lipinski definition) is 4. The molecule has 0 bridgehead atoms. The fourth-order valence-electron chi connectivity index (χ4n) is 2.71. The monoisotopic (exact) mass is 560 g/mol. The minimum atomic E-state index is -3.27. The van der Waals surface area contributed by atoms with Gasteiger partial charge in [-0.15, -0.1) is 24.0 Å². The molecule has 0 fully saturated rings. The standard InChI is InChI=1S/C22H32N4O3S.HI/c1-22(2,3)29-20-9-7-6-8-19(20)15-26-21(23-4)25-14-17-10-12-18(13-11-17)16-30(27,28)24-5;/h6-13,24H,14-16H2,1-5H3,(H2,23,25,26);1H. The van der Waals surface area contributed by atoms with Gasteiger partial charge in [0.1, 0.15) is 11.4 Å². The van der Waals surface area contributed by atoms with Gasteiger partial charge in [-0.3, -0.25) is 4.99 Å². The third-order valence-electron chi connectivity index (χ3n) is 4.21. The quantitative estimate of drug-likeness (QED) is 0.262. The normalized spacial score (nSPS) is 12.1. The second kappa shape index (κ2) is 12.3. The molecule has 0 unspecified atom stereocenters.